The average Bonchev–Trinajstić information content (AvgIpc) is 2.67. The van der Waals surface area contributed by atoms with Crippen LogP contribution in [-0.2, 0) is 11.2 Å². The van der Waals surface area contributed by atoms with E-state index in [9.17, 15) is 9.18 Å². The summed E-state index contributed by atoms with van der Waals surface area (Å²) in [6.45, 7) is 7.78. The third-order valence-electron chi connectivity index (χ3n) is 3.83. The number of carbonyl (C=O) groups excluding carboxylic acids is 1. The van der Waals surface area contributed by atoms with Crippen LogP contribution in [0, 0.1) is 19.7 Å². The lowest BCUT2D eigenvalue weighted by atomic mass is 10.1. The Morgan fingerprint density at radius 1 is 1.00 bits per heavy atom. The monoisotopic (exact) mass is 365 g/mol. The largest absolute Gasteiger partial charge is 0.309 e. The number of anilines is 1. The molecule has 0 spiro atoms. The Balaban J connectivity index is 0.00000126. The summed E-state index contributed by atoms with van der Waals surface area (Å²) in [7, 11) is 0. The summed E-state index contributed by atoms with van der Waals surface area (Å²) < 4.78 is 13.0. The number of aromatic nitrogens is 2. The van der Waals surface area contributed by atoms with Crippen molar-refractivity contribution in [3.05, 3.63) is 77.4 Å². The van der Waals surface area contributed by atoms with Crippen LogP contribution in [-0.4, -0.2) is 15.9 Å². The van der Waals surface area contributed by atoms with E-state index in [0.29, 0.717) is 17.2 Å². The smallest absolute Gasteiger partial charge is 0.229 e. The molecule has 0 aliphatic heterocycles. The van der Waals surface area contributed by atoms with Crippen molar-refractivity contribution in [3.8, 4) is 11.3 Å². The number of amides is 1. The van der Waals surface area contributed by atoms with Gasteiger partial charge in [-0.3, -0.25) is 4.79 Å². The van der Waals surface area contributed by atoms with Crippen LogP contribution in [0.25, 0.3) is 11.3 Å². The normalized spacial score (nSPS) is 9.96. The van der Waals surface area contributed by atoms with E-state index >= 15 is 0 Å². The average molecular weight is 365 g/mol. The molecule has 0 radical (unpaired) electrons. The van der Waals surface area contributed by atoms with Gasteiger partial charge in [0.25, 0.3) is 0 Å². The molecule has 3 aromatic rings. The van der Waals surface area contributed by atoms with Crippen LogP contribution in [0.5, 0.6) is 0 Å². The minimum Gasteiger partial charge on any atom is -0.309 e. The molecule has 1 aromatic heterocycles. The molecule has 1 N–H and O–H groups in total. The number of halogens is 1. The summed E-state index contributed by atoms with van der Waals surface area (Å²) in [4.78, 5) is 20.9. The molecule has 0 aliphatic carbocycles. The van der Waals surface area contributed by atoms with E-state index in [4.69, 9.17) is 0 Å². The minimum atomic E-state index is -0.298. The lowest BCUT2D eigenvalue weighted by molar-refractivity contribution is -0.115. The van der Waals surface area contributed by atoms with Gasteiger partial charge in [-0.05, 0) is 43.7 Å². The first-order chi connectivity index (χ1) is 13.0. The second-order valence-electron chi connectivity index (χ2n) is 5.91. The molecule has 0 aliphatic rings. The molecule has 2 aromatic carbocycles. The molecule has 27 heavy (non-hydrogen) atoms. The van der Waals surface area contributed by atoms with Gasteiger partial charge in [0.15, 0.2) is 5.82 Å². The van der Waals surface area contributed by atoms with Crippen LogP contribution < -0.4 is 5.32 Å². The highest BCUT2D eigenvalue weighted by molar-refractivity contribution is 5.91. The Hall–Kier alpha value is -3.08. The molecule has 0 fully saturated rings. The Morgan fingerprint density at radius 2 is 1.63 bits per heavy atom. The van der Waals surface area contributed by atoms with Crippen molar-refractivity contribution in [1.29, 1.82) is 0 Å². The number of benzene rings is 2. The van der Waals surface area contributed by atoms with Gasteiger partial charge in [0.05, 0.1) is 24.0 Å². The summed E-state index contributed by atoms with van der Waals surface area (Å²) in [5, 5.41) is 2.79. The molecule has 1 amide bonds. The van der Waals surface area contributed by atoms with Crippen molar-refractivity contribution in [2.75, 3.05) is 5.32 Å². The lowest BCUT2D eigenvalue weighted by Crippen LogP contribution is -2.16. The zero-order valence-electron chi connectivity index (χ0n) is 16.1. The maximum atomic E-state index is 13.0. The molecule has 0 bridgehead atoms. The fourth-order valence-electron chi connectivity index (χ4n) is 2.43. The van der Waals surface area contributed by atoms with Crippen molar-refractivity contribution in [2.45, 2.75) is 34.1 Å². The zero-order valence-corrected chi connectivity index (χ0v) is 16.1. The topological polar surface area (TPSA) is 54.9 Å². The highest BCUT2D eigenvalue weighted by Gasteiger charge is 2.10. The van der Waals surface area contributed by atoms with Gasteiger partial charge in [-0.25, -0.2) is 14.4 Å². The van der Waals surface area contributed by atoms with E-state index < -0.39 is 0 Å². The minimum absolute atomic E-state index is 0.143. The highest BCUT2D eigenvalue weighted by atomic mass is 19.1. The third kappa shape index (κ3) is 5.71. The Labute approximate surface area is 159 Å². The van der Waals surface area contributed by atoms with Crippen LogP contribution in [0.1, 0.15) is 30.7 Å². The third-order valence-corrected chi connectivity index (χ3v) is 3.83. The van der Waals surface area contributed by atoms with Crippen molar-refractivity contribution in [1.82, 2.24) is 9.97 Å². The molecule has 0 atom stereocenters. The second-order valence-corrected chi connectivity index (χ2v) is 5.91. The first-order valence-corrected chi connectivity index (χ1v) is 8.96. The van der Waals surface area contributed by atoms with Gasteiger partial charge >= 0.3 is 0 Å². The molecule has 140 valence electrons. The predicted molar refractivity (Wildman–Crippen MR) is 107 cm³/mol. The summed E-state index contributed by atoms with van der Waals surface area (Å²) in [5.41, 5.74) is 4.11. The van der Waals surface area contributed by atoms with Crippen LogP contribution in [0.15, 0.2) is 54.7 Å². The van der Waals surface area contributed by atoms with Crippen LogP contribution in [0.3, 0.4) is 0 Å². The van der Waals surface area contributed by atoms with E-state index in [2.05, 4.69) is 15.3 Å². The molecular formula is C22H24FN3O. The van der Waals surface area contributed by atoms with Gasteiger partial charge in [0.1, 0.15) is 5.82 Å². The van der Waals surface area contributed by atoms with E-state index in [1.165, 1.54) is 12.1 Å². The van der Waals surface area contributed by atoms with Crippen LogP contribution in [0.2, 0.25) is 0 Å². The van der Waals surface area contributed by atoms with Gasteiger partial charge in [0.2, 0.25) is 5.91 Å². The van der Waals surface area contributed by atoms with Gasteiger partial charge in [-0.1, -0.05) is 43.7 Å². The van der Waals surface area contributed by atoms with Crippen LogP contribution >= 0.6 is 0 Å². The summed E-state index contributed by atoms with van der Waals surface area (Å²) in [6.07, 6.45) is 1.85. The second kappa shape index (κ2) is 9.57. The summed E-state index contributed by atoms with van der Waals surface area (Å²) in [5.74, 6) is -0.00724. The SMILES string of the molecule is CC.Cc1ccc(CC(=O)Nc2ncc(-c3ccc(F)cc3)nc2C)cc1. The maximum absolute atomic E-state index is 13.0. The standard InChI is InChI=1S/C20H18FN3O.C2H6/c1-13-3-5-15(6-4-13)11-19(25)24-20-14(2)23-18(12-22-20)16-7-9-17(21)10-8-16;1-2/h3-10,12H,11H2,1-2H3,(H,22,24,25);1-2H3. The number of nitrogens with one attached hydrogen (secondary N) is 1. The molecule has 0 saturated heterocycles. The molecule has 3 rings (SSSR count). The number of carbonyl (C=O) groups is 1. The molecular weight excluding hydrogens is 341 g/mol. The van der Waals surface area contributed by atoms with Crippen molar-refractivity contribution >= 4 is 11.7 Å². The molecule has 4 nitrogen and oxygen atoms in total. The van der Waals surface area contributed by atoms with Gasteiger partial charge in [-0.2, -0.15) is 0 Å². The summed E-state index contributed by atoms with van der Waals surface area (Å²) in [6, 6.07) is 13.9. The Kier molecular flexibility index (Phi) is 7.17. The lowest BCUT2D eigenvalue weighted by Gasteiger charge is -2.09. The Bertz CT molecular complexity index is 890. The van der Waals surface area contributed by atoms with Gasteiger partial charge < -0.3 is 5.32 Å². The van der Waals surface area contributed by atoms with Crippen molar-refractivity contribution < 1.29 is 9.18 Å². The molecule has 5 heteroatoms. The number of hydrogen-bond donors (Lipinski definition) is 1. The van der Waals surface area contributed by atoms with E-state index in [-0.39, 0.29) is 18.1 Å². The molecule has 1 heterocycles. The fourth-order valence-corrected chi connectivity index (χ4v) is 2.43. The number of rotatable bonds is 4. The first-order valence-electron chi connectivity index (χ1n) is 8.96. The first kappa shape index (κ1) is 20.2. The number of hydrogen-bond acceptors (Lipinski definition) is 3. The van der Waals surface area contributed by atoms with Crippen LogP contribution in [0.4, 0.5) is 10.2 Å². The van der Waals surface area contributed by atoms with E-state index in [1.54, 1.807) is 25.3 Å². The quantitative estimate of drug-likeness (QED) is 0.699. The fraction of sp³-hybridized carbons (Fsp3) is 0.227. The van der Waals surface area contributed by atoms with E-state index in [1.807, 2.05) is 45.0 Å². The van der Waals surface area contributed by atoms with Gasteiger partial charge in [0, 0.05) is 5.56 Å². The summed E-state index contributed by atoms with van der Waals surface area (Å²) >= 11 is 0. The number of nitrogens with zero attached hydrogens (tertiary/aromatic N) is 2. The molecule has 0 saturated carbocycles. The van der Waals surface area contributed by atoms with E-state index in [0.717, 1.165) is 16.7 Å². The van der Waals surface area contributed by atoms with Gasteiger partial charge in [-0.15, -0.1) is 0 Å². The maximum Gasteiger partial charge on any atom is 0.229 e. The number of aryl methyl sites for hydroxylation is 2. The zero-order chi connectivity index (χ0) is 19.8. The molecule has 0 unspecified atom stereocenters. The Morgan fingerprint density at radius 3 is 2.22 bits per heavy atom. The van der Waals surface area contributed by atoms with Crippen molar-refractivity contribution in [3.63, 3.8) is 0 Å². The highest BCUT2D eigenvalue weighted by Crippen LogP contribution is 2.19. The predicted octanol–water partition coefficient (Wildman–Crippen LogP) is 5.11. The van der Waals surface area contributed by atoms with Crippen molar-refractivity contribution in [2.24, 2.45) is 0 Å².